The van der Waals surface area contributed by atoms with E-state index in [1.165, 1.54) is 11.3 Å². The highest BCUT2D eigenvalue weighted by molar-refractivity contribution is 7.07. The lowest BCUT2D eigenvalue weighted by atomic mass is 10.0. The lowest BCUT2D eigenvalue weighted by Crippen LogP contribution is -2.37. The Morgan fingerprint density at radius 3 is 2.57 bits per heavy atom. The van der Waals surface area contributed by atoms with E-state index >= 15 is 0 Å². The normalized spacial score (nSPS) is 12.0. The largest absolute Gasteiger partial charge is 0.387 e. The number of carbonyl (C=O) groups excluding carboxylic acids is 2. The first kappa shape index (κ1) is 17.2. The highest BCUT2D eigenvalue weighted by atomic mass is 32.1. The third kappa shape index (κ3) is 4.64. The summed E-state index contributed by atoms with van der Waals surface area (Å²) in [4.78, 5) is 23.9. The van der Waals surface area contributed by atoms with Crippen LogP contribution < -0.4 is 10.6 Å². The van der Waals surface area contributed by atoms with Gasteiger partial charge >= 0.3 is 11.8 Å². The Bertz CT molecular complexity index is 668. The molecule has 0 radical (unpaired) electrons. The van der Waals surface area contributed by atoms with Gasteiger partial charge < -0.3 is 15.7 Å². The molecule has 0 saturated carbocycles. The summed E-state index contributed by atoms with van der Waals surface area (Å²) in [6.07, 6.45) is -0.819. The average molecular weight is 332 g/mol. The van der Waals surface area contributed by atoms with E-state index in [0.717, 1.165) is 11.1 Å². The SMILES string of the molecule is CC(C)c1ccccc1NC(=O)C(=O)NCC(O)c1ccsc1. The van der Waals surface area contributed by atoms with Gasteiger partial charge in [0, 0.05) is 12.2 Å². The molecule has 2 rings (SSSR count). The molecule has 2 aromatic rings. The van der Waals surface area contributed by atoms with Crippen LogP contribution in [0.3, 0.4) is 0 Å². The number of aliphatic hydroxyl groups is 1. The number of amides is 2. The van der Waals surface area contributed by atoms with Gasteiger partial charge in [-0.05, 0) is 39.9 Å². The van der Waals surface area contributed by atoms with Crippen LogP contribution in [-0.4, -0.2) is 23.5 Å². The van der Waals surface area contributed by atoms with Crippen LogP contribution in [0.1, 0.15) is 37.0 Å². The molecule has 0 aliphatic rings. The van der Waals surface area contributed by atoms with Crippen LogP contribution in [0.4, 0.5) is 5.69 Å². The monoisotopic (exact) mass is 332 g/mol. The van der Waals surface area contributed by atoms with Crippen molar-refractivity contribution in [1.82, 2.24) is 5.32 Å². The summed E-state index contributed by atoms with van der Waals surface area (Å²) < 4.78 is 0. The zero-order valence-electron chi connectivity index (χ0n) is 13.1. The zero-order chi connectivity index (χ0) is 16.8. The molecule has 2 amide bonds. The van der Waals surface area contributed by atoms with E-state index in [2.05, 4.69) is 10.6 Å². The summed E-state index contributed by atoms with van der Waals surface area (Å²) in [6.45, 7) is 4.03. The van der Waals surface area contributed by atoms with Crippen LogP contribution >= 0.6 is 11.3 Å². The van der Waals surface area contributed by atoms with E-state index in [4.69, 9.17) is 0 Å². The second kappa shape index (κ2) is 7.89. The van der Waals surface area contributed by atoms with Crippen LogP contribution in [0.25, 0.3) is 0 Å². The van der Waals surface area contributed by atoms with Crippen molar-refractivity contribution in [2.24, 2.45) is 0 Å². The molecule has 5 nitrogen and oxygen atoms in total. The van der Waals surface area contributed by atoms with Crippen molar-refractivity contribution >= 4 is 28.8 Å². The van der Waals surface area contributed by atoms with Crippen LogP contribution in [0.15, 0.2) is 41.1 Å². The molecule has 23 heavy (non-hydrogen) atoms. The fraction of sp³-hybridized carbons (Fsp3) is 0.294. The molecule has 0 aliphatic carbocycles. The highest BCUT2D eigenvalue weighted by Crippen LogP contribution is 2.23. The molecule has 3 N–H and O–H groups in total. The Hall–Kier alpha value is -2.18. The van der Waals surface area contributed by atoms with Gasteiger partial charge in [0.2, 0.25) is 0 Å². The van der Waals surface area contributed by atoms with Crippen LogP contribution in [0, 0.1) is 0 Å². The molecule has 1 aromatic heterocycles. The molecule has 1 heterocycles. The standard InChI is InChI=1S/C17H20N2O3S/c1-11(2)13-5-3-4-6-14(13)19-17(22)16(21)18-9-15(20)12-7-8-23-10-12/h3-8,10-11,15,20H,9H2,1-2H3,(H,18,21)(H,19,22). The lowest BCUT2D eigenvalue weighted by Gasteiger charge is -2.14. The summed E-state index contributed by atoms with van der Waals surface area (Å²) >= 11 is 1.46. The van der Waals surface area contributed by atoms with Crippen molar-refractivity contribution in [1.29, 1.82) is 0 Å². The minimum absolute atomic E-state index is 0.00514. The predicted octanol–water partition coefficient (Wildman–Crippen LogP) is 2.66. The zero-order valence-corrected chi connectivity index (χ0v) is 13.9. The van der Waals surface area contributed by atoms with Crippen molar-refractivity contribution in [3.63, 3.8) is 0 Å². The molecular weight excluding hydrogens is 312 g/mol. The number of benzene rings is 1. The van der Waals surface area contributed by atoms with Gasteiger partial charge in [0.1, 0.15) is 0 Å². The number of anilines is 1. The van der Waals surface area contributed by atoms with Gasteiger partial charge in [-0.15, -0.1) is 0 Å². The van der Waals surface area contributed by atoms with Crippen molar-refractivity contribution in [3.8, 4) is 0 Å². The average Bonchev–Trinajstić information content (AvgIpc) is 3.07. The van der Waals surface area contributed by atoms with Crippen LogP contribution in [0.2, 0.25) is 0 Å². The van der Waals surface area contributed by atoms with Gasteiger partial charge in [-0.1, -0.05) is 32.0 Å². The van der Waals surface area contributed by atoms with Gasteiger partial charge in [-0.2, -0.15) is 11.3 Å². The van der Waals surface area contributed by atoms with E-state index in [1.807, 2.05) is 31.4 Å². The molecule has 0 bridgehead atoms. The second-order valence-electron chi connectivity index (χ2n) is 5.48. The molecular formula is C17H20N2O3S. The van der Waals surface area contributed by atoms with Gasteiger partial charge in [0.15, 0.2) is 0 Å². The molecule has 1 unspecified atom stereocenters. The Balaban J connectivity index is 1.92. The third-order valence-electron chi connectivity index (χ3n) is 3.42. The second-order valence-corrected chi connectivity index (χ2v) is 6.26. The maximum atomic E-state index is 12.0. The van der Waals surface area contributed by atoms with E-state index in [1.54, 1.807) is 23.6 Å². The topological polar surface area (TPSA) is 78.4 Å². The first-order chi connectivity index (χ1) is 11.0. The van der Waals surface area contributed by atoms with Crippen LogP contribution in [0.5, 0.6) is 0 Å². The molecule has 122 valence electrons. The molecule has 0 fully saturated rings. The predicted molar refractivity (Wildman–Crippen MR) is 91.4 cm³/mol. The number of aliphatic hydroxyl groups excluding tert-OH is 1. The number of rotatable bonds is 5. The number of hydrogen-bond acceptors (Lipinski definition) is 4. The Labute approximate surface area is 139 Å². The molecule has 0 spiro atoms. The molecule has 0 saturated heterocycles. The minimum atomic E-state index is -0.819. The first-order valence-corrected chi connectivity index (χ1v) is 8.31. The van der Waals surface area contributed by atoms with Gasteiger partial charge in [0.25, 0.3) is 0 Å². The Morgan fingerprint density at radius 2 is 1.91 bits per heavy atom. The number of carbonyl (C=O) groups is 2. The highest BCUT2D eigenvalue weighted by Gasteiger charge is 2.17. The fourth-order valence-corrected chi connectivity index (χ4v) is 2.85. The van der Waals surface area contributed by atoms with Crippen LogP contribution in [-0.2, 0) is 9.59 Å². The van der Waals surface area contributed by atoms with E-state index in [9.17, 15) is 14.7 Å². The van der Waals surface area contributed by atoms with E-state index in [0.29, 0.717) is 5.69 Å². The Morgan fingerprint density at radius 1 is 1.17 bits per heavy atom. The minimum Gasteiger partial charge on any atom is -0.387 e. The maximum absolute atomic E-state index is 12.0. The Kier molecular flexibility index (Phi) is 5.90. The molecule has 1 atom stereocenters. The van der Waals surface area contributed by atoms with Crippen molar-refractivity contribution in [2.45, 2.75) is 25.9 Å². The summed E-state index contributed by atoms with van der Waals surface area (Å²) in [6, 6.07) is 9.15. The number of nitrogens with one attached hydrogen (secondary N) is 2. The van der Waals surface area contributed by atoms with Gasteiger partial charge in [0.05, 0.1) is 6.10 Å². The fourth-order valence-electron chi connectivity index (χ4n) is 2.15. The summed E-state index contributed by atoms with van der Waals surface area (Å²) in [5, 5.41) is 18.6. The smallest absolute Gasteiger partial charge is 0.313 e. The number of para-hydroxylation sites is 1. The molecule has 6 heteroatoms. The quantitative estimate of drug-likeness (QED) is 0.737. The summed E-state index contributed by atoms with van der Waals surface area (Å²) in [5.41, 5.74) is 2.31. The van der Waals surface area contributed by atoms with E-state index < -0.39 is 17.9 Å². The number of hydrogen-bond donors (Lipinski definition) is 3. The number of thiophene rings is 1. The first-order valence-electron chi connectivity index (χ1n) is 7.37. The lowest BCUT2D eigenvalue weighted by molar-refractivity contribution is -0.136. The summed E-state index contributed by atoms with van der Waals surface area (Å²) in [5.74, 6) is -1.27. The van der Waals surface area contributed by atoms with Crippen molar-refractivity contribution in [2.75, 3.05) is 11.9 Å². The van der Waals surface area contributed by atoms with Crippen molar-refractivity contribution in [3.05, 3.63) is 52.2 Å². The third-order valence-corrected chi connectivity index (χ3v) is 4.12. The van der Waals surface area contributed by atoms with Gasteiger partial charge in [-0.3, -0.25) is 9.59 Å². The van der Waals surface area contributed by atoms with E-state index in [-0.39, 0.29) is 12.5 Å². The molecule has 0 aliphatic heterocycles. The summed E-state index contributed by atoms with van der Waals surface area (Å²) in [7, 11) is 0. The van der Waals surface area contributed by atoms with Gasteiger partial charge in [-0.25, -0.2) is 0 Å². The van der Waals surface area contributed by atoms with Crippen molar-refractivity contribution < 1.29 is 14.7 Å². The molecule has 1 aromatic carbocycles. The maximum Gasteiger partial charge on any atom is 0.313 e.